The van der Waals surface area contributed by atoms with Crippen LogP contribution in [0.3, 0.4) is 0 Å². The van der Waals surface area contributed by atoms with Crippen LogP contribution in [0.5, 0.6) is 0 Å². The molecule has 156 valence electrons. The highest BCUT2D eigenvalue weighted by Gasteiger charge is 2.09. The van der Waals surface area contributed by atoms with Crippen LogP contribution in [0.4, 0.5) is 9.59 Å². The molecule has 0 aliphatic carbocycles. The molecule has 0 aromatic heterocycles. The molecule has 4 N–H and O–H groups in total. The first kappa shape index (κ1) is 25.6. The molecular weight excluding hydrogens is 388 g/mol. The van der Waals surface area contributed by atoms with Crippen molar-refractivity contribution in [3.8, 4) is 0 Å². The van der Waals surface area contributed by atoms with E-state index in [0.717, 1.165) is 12.8 Å². The highest BCUT2D eigenvalue weighted by atomic mass is 33.1. The van der Waals surface area contributed by atoms with Crippen molar-refractivity contribution in [3.05, 3.63) is 0 Å². The molecule has 0 radical (unpaired) electrons. The Kier molecular flexibility index (Phi) is 14.8. The van der Waals surface area contributed by atoms with E-state index >= 15 is 0 Å². The Bertz CT molecular complexity index is 488. The molecule has 0 saturated heterocycles. The monoisotopic (exact) mass is 420 g/mol. The summed E-state index contributed by atoms with van der Waals surface area (Å²) in [6, 6.07) is -0.989. The molecule has 27 heavy (non-hydrogen) atoms. The summed E-state index contributed by atoms with van der Waals surface area (Å²) in [5.41, 5.74) is 0. The molecule has 0 unspecified atom stereocenters. The van der Waals surface area contributed by atoms with Crippen LogP contribution in [0.1, 0.15) is 47.0 Å². The number of hydrogen-bond donors (Lipinski definition) is 4. The highest BCUT2D eigenvalue weighted by molar-refractivity contribution is 8.76. The highest BCUT2D eigenvalue weighted by Crippen LogP contribution is 2.19. The number of amides is 6. The molecule has 0 atom stereocenters. The minimum Gasteiger partial charge on any atom is -0.338 e. The summed E-state index contributed by atoms with van der Waals surface area (Å²) >= 11 is 0. The summed E-state index contributed by atoms with van der Waals surface area (Å²) in [7, 11) is 2.70. The van der Waals surface area contributed by atoms with E-state index in [4.69, 9.17) is 0 Å². The van der Waals surface area contributed by atoms with Crippen molar-refractivity contribution in [2.24, 2.45) is 11.8 Å². The number of hydrogen-bond acceptors (Lipinski definition) is 6. The van der Waals surface area contributed by atoms with E-state index in [1.165, 1.54) is 21.6 Å². The Morgan fingerprint density at radius 1 is 0.741 bits per heavy atom. The zero-order valence-electron chi connectivity index (χ0n) is 16.6. The second kappa shape index (κ2) is 15.6. The van der Waals surface area contributed by atoms with Gasteiger partial charge in [0, 0.05) is 25.3 Å². The van der Waals surface area contributed by atoms with Gasteiger partial charge in [-0.15, -0.1) is 0 Å². The van der Waals surface area contributed by atoms with Crippen LogP contribution >= 0.6 is 21.6 Å². The fourth-order valence-corrected chi connectivity index (χ4v) is 3.44. The van der Waals surface area contributed by atoms with Crippen LogP contribution in [0.25, 0.3) is 0 Å². The molecule has 8 nitrogen and oxygen atoms in total. The first-order chi connectivity index (χ1) is 12.7. The fourth-order valence-electron chi connectivity index (χ4n) is 1.69. The van der Waals surface area contributed by atoms with E-state index in [-0.39, 0.29) is 17.6 Å². The maximum atomic E-state index is 11.6. The van der Waals surface area contributed by atoms with Crippen LogP contribution < -0.4 is 21.3 Å². The van der Waals surface area contributed by atoms with Crippen molar-refractivity contribution >= 4 is 45.5 Å². The SMILES string of the molecule is CC(C)CCNC(=O)NC(=O)CSSCCNC(=O)NC(=O)CCC(C)C. The first-order valence-electron chi connectivity index (χ1n) is 9.10. The minimum absolute atomic E-state index is 0.141. The van der Waals surface area contributed by atoms with E-state index in [1.54, 1.807) is 0 Å². The van der Waals surface area contributed by atoms with Gasteiger partial charge in [-0.3, -0.25) is 20.2 Å². The molecule has 0 heterocycles. The van der Waals surface area contributed by atoms with Gasteiger partial charge in [-0.2, -0.15) is 0 Å². The Balaban J connectivity index is 3.62. The fraction of sp³-hybridized carbons (Fsp3) is 0.765. The summed E-state index contributed by atoms with van der Waals surface area (Å²) in [6.07, 6.45) is 1.93. The van der Waals surface area contributed by atoms with Gasteiger partial charge in [-0.1, -0.05) is 49.3 Å². The van der Waals surface area contributed by atoms with Gasteiger partial charge in [0.1, 0.15) is 0 Å². The largest absolute Gasteiger partial charge is 0.338 e. The normalized spacial score (nSPS) is 10.6. The van der Waals surface area contributed by atoms with Crippen LogP contribution in [-0.2, 0) is 9.59 Å². The number of urea groups is 2. The topological polar surface area (TPSA) is 116 Å². The van der Waals surface area contributed by atoms with Crippen LogP contribution in [0, 0.1) is 11.8 Å². The lowest BCUT2D eigenvalue weighted by atomic mass is 10.1. The Morgan fingerprint density at radius 2 is 1.30 bits per heavy atom. The molecule has 0 spiro atoms. The third-order valence-electron chi connectivity index (χ3n) is 3.21. The first-order valence-corrected chi connectivity index (χ1v) is 11.6. The van der Waals surface area contributed by atoms with Gasteiger partial charge < -0.3 is 10.6 Å². The maximum absolute atomic E-state index is 11.6. The van der Waals surface area contributed by atoms with Crippen LogP contribution in [0.15, 0.2) is 0 Å². The van der Waals surface area contributed by atoms with Gasteiger partial charge in [-0.25, -0.2) is 9.59 Å². The Labute approximate surface area is 169 Å². The van der Waals surface area contributed by atoms with Crippen LogP contribution in [-0.4, -0.2) is 48.5 Å². The summed E-state index contributed by atoms with van der Waals surface area (Å²) in [4.78, 5) is 46.1. The average Bonchev–Trinajstić information content (AvgIpc) is 2.55. The standard InChI is InChI=1S/C17H32N4O4S2/c1-12(2)5-6-14(22)20-17(25)19-9-10-26-27-11-15(23)21-16(24)18-8-7-13(3)4/h12-13H,5-11H2,1-4H3,(H2,18,21,23,24)(H2,19,20,22,25). The van der Waals surface area contributed by atoms with Crippen molar-refractivity contribution in [3.63, 3.8) is 0 Å². The van der Waals surface area contributed by atoms with Gasteiger partial charge in [0.25, 0.3) is 0 Å². The van der Waals surface area contributed by atoms with Gasteiger partial charge >= 0.3 is 12.1 Å². The maximum Gasteiger partial charge on any atom is 0.321 e. The van der Waals surface area contributed by atoms with Crippen molar-refractivity contribution in [2.45, 2.75) is 47.0 Å². The Hall–Kier alpha value is -1.42. The lowest BCUT2D eigenvalue weighted by Gasteiger charge is -2.08. The third kappa shape index (κ3) is 17.7. The molecular formula is C17H32N4O4S2. The van der Waals surface area contributed by atoms with Gasteiger partial charge in [-0.05, 0) is 24.7 Å². The molecule has 0 aromatic carbocycles. The summed E-state index contributed by atoms with van der Waals surface area (Å²) in [6.45, 7) is 9.05. The molecule has 0 fully saturated rings. The molecule has 0 aliphatic heterocycles. The lowest BCUT2D eigenvalue weighted by molar-refractivity contribution is -0.120. The number of nitrogens with one attached hydrogen (secondary N) is 4. The zero-order chi connectivity index (χ0) is 20.7. The van der Waals surface area contributed by atoms with E-state index in [1.807, 2.05) is 13.8 Å². The van der Waals surface area contributed by atoms with Crippen molar-refractivity contribution in [2.75, 3.05) is 24.6 Å². The predicted molar refractivity (Wildman–Crippen MR) is 112 cm³/mol. The summed E-state index contributed by atoms with van der Waals surface area (Å²) in [5.74, 6) is 0.966. The number of carbonyl (C=O) groups excluding carboxylic acids is 4. The van der Waals surface area contributed by atoms with Gasteiger partial charge in [0.05, 0.1) is 5.75 Å². The molecule has 10 heteroatoms. The molecule has 0 saturated carbocycles. The predicted octanol–water partition coefficient (Wildman–Crippen LogP) is 2.50. The smallest absolute Gasteiger partial charge is 0.321 e. The van der Waals surface area contributed by atoms with E-state index in [2.05, 4.69) is 35.1 Å². The zero-order valence-corrected chi connectivity index (χ0v) is 18.2. The summed E-state index contributed by atoms with van der Waals surface area (Å²) < 4.78 is 0. The molecule has 6 amide bonds. The number of imide groups is 2. The Morgan fingerprint density at radius 3 is 1.89 bits per heavy atom. The third-order valence-corrected chi connectivity index (χ3v) is 5.48. The van der Waals surface area contributed by atoms with E-state index in [0.29, 0.717) is 37.1 Å². The minimum atomic E-state index is -0.509. The number of rotatable bonds is 12. The molecule has 0 bridgehead atoms. The quantitative estimate of drug-likeness (QED) is 0.285. The van der Waals surface area contributed by atoms with Crippen molar-refractivity contribution in [1.82, 2.24) is 21.3 Å². The lowest BCUT2D eigenvalue weighted by Crippen LogP contribution is -2.41. The van der Waals surface area contributed by atoms with Crippen molar-refractivity contribution < 1.29 is 19.2 Å². The second-order valence-electron chi connectivity index (χ2n) is 6.81. The van der Waals surface area contributed by atoms with E-state index in [9.17, 15) is 19.2 Å². The second-order valence-corrected chi connectivity index (χ2v) is 9.39. The molecule has 0 aliphatic rings. The van der Waals surface area contributed by atoms with Gasteiger partial charge in [0.15, 0.2) is 0 Å². The molecule has 0 aromatic rings. The van der Waals surface area contributed by atoms with Crippen molar-refractivity contribution in [1.29, 1.82) is 0 Å². The number of carbonyl (C=O) groups is 4. The van der Waals surface area contributed by atoms with Crippen LogP contribution in [0.2, 0.25) is 0 Å². The summed E-state index contributed by atoms with van der Waals surface area (Å²) in [5, 5.41) is 9.75. The van der Waals surface area contributed by atoms with Gasteiger partial charge in [0.2, 0.25) is 11.8 Å². The molecule has 0 rings (SSSR count). The average molecular weight is 421 g/mol. The van der Waals surface area contributed by atoms with E-state index < -0.39 is 12.1 Å².